The van der Waals surface area contributed by atoms with E-state index in [4.69, 9.17) is 9.47 Å². The number of ether oxygens (including phenoxy) is 2. The molecule has 0 unspecified atom stereocenters. The Morgan fingerprint density at radius 3 is 2.86 bits per heavy atom. The molecule has 3 aromatic rings. The van der Waals surface area contributed by atoms with Crippen molar-refractivity contribution in [3.63, 3.8) is 0 Å². The lowest BCUT2D eigenvalue weighted by Crippen LogP contribution is -2.09. The Kier molecular flexibility index (Phi) is 2.89. The van der Waals surface area contributed by atoms with Crippen molar-refractivity contribution in [1.82, 2.24) is 9.97 Å². The topological polar surface area (TPSA) is 64.2 Å². The highest BCUT2D eigenvalue weighted by atomic mass is 16.7. The first kappa shape index (κ1) is 12.6. The molecule has 0 radical (unpaired) electrons. The SMILES string of the molecule is O=c1[nH]c(/C=C/c2ccc3c(c2)OCO3)nc2ccccc12. The molecule has 4 rings (SSSR count). The lowest BCUT2D eigenvalue weighted by molar-refractivity contribution is 0.174. The highest BCUT2D eigenvalue weighted by Crippen LogP contribution is 2.32. The van der Waals surface area contributed by atoms with Crippen molar-refractivity contribution in [2.24, 2.45) is 0 Å². The summed E-state index contributed by atoms with van der Waals surface area (Å²) >= 11 is 0. The van der Waals surface area contributed by atoms with E-state index in [-0.39, 0.29) is 12.4 Å². The van der Waals surface area contributed by atoms with Crippen LogP contribution in [0.5, 0.6) is 11.5 Å². The molecule has 0 saturated heterocycles. The van der Waals surface area contributed by atoms with E-state index in [2.05, 4.69) is 9.97 Å². The van der Waals surface area contributed by atoms with Crippen molar-refractivity contribution < 1.29 is 9.47 Å². The van der Waals surface area contributed by atoms with E-state index in [9.17, 15) is 4.79 Å². The maximum absolute atomic E-state index is 12.0. The second-order valence-corrected chi connectivity index (χ2v) is 4.91. The minimum atomic E-state index is -0.143. The first-order valence-corrected chi connectivity index (χ1v) is 6.86. The van der Waals surface area contributed by atoms with Gasteiger partial charge in [-0.05, 0) is 35.9 Å². The number of nitrogens with one attached hydrogen (secondary N) is 1. The highest BCUT2D eigenvalue weighted by molar-refractivity contribution is 5.79. The summed E-state index contributed by atoms with van der Waals surface area (Å²) < 4.78 is 10.6. The van der Waals surface area contributed by atoms with Gasteiger partial charge in [0, 0.05) is 0 Å². The van der Waals surface area contributed by atoms with Gasteiger partial charge in [0.15, 0.2) is 11.5 Å². The van der Waals surface area contributed by atoms with Crippen molar-refractivity contribution in [2.75, 3.05) is 6.79 Å². The first-order valence-electron chi connectivity index (χ1n) is 6.86. The fraction of sp³-hybridized carbons (Fsp3) is 0.0588. The third-order valence-corrected chi connectivity index (χ3v) is 3.46. The smallest absolute Gasteiger partial charge is 0.259 e. The fourth-order valence-corrected chi connectivity index (χ4v) is 2.38. The number of fused-ring (bicyclic) bond motifs is 2. The Labute approximate surface area is 125 Å². The van der Waals surface area contributed by atoms with E-state index >= 15 is 0 Å². The second kappa shape index (κ2) is 5.04. The number of aromatic nitrogens is 2. The molecule has 0 aliphatic carbocycles. The van der Waals surface area contributed by atoms with Crippen LogP contribution in [0.3, 0.4) is 0 Å². The van der Waals surface area contributed by atoms with Crippen molar-refractivity contribution in [3.05, 3.63) is 64.2 Å². The normalized spacial score (nSPS) is 13.1. The van der Waals surface area contributed by atoms with Gasteiger partial charge in [0.25, 0.3) is 5.56 Å². The van der Waals surface area contributed by atoms with E-state index in [1.807, 2.05) is 42.5 Å². The molecule has 2 aromatic carbocycles. The number of para-hydroxylation sites is 1. The van der Waals surface area contributed by atoms with Gasteiger partial charge in [0.05, 0.1) is 10.9 Å². The van der Waals surface area contributed by atoms with Crippen LogP contribution < -0.4 is 15.0 Å². The Hall–Kier alpha value is -3.08. The lowest BCUT2D eigenvalue weighted by atomic mass is 10.2. The molecule has 0 spiro atoms. The average Bonchev–Trinajstić information content (AvgIpc) is 3.00. The molecule has 1 aliphatic heterocycles. The van der Waals surface area contributed by atoms with Crippen LogP contribution in [-0.2, 0) is 0 Å². The lowest BCUT2D eigenvalue weighted by Gasteiger charge is -1.99. The molecule has 1 aliphatic rings. The molecule has 1 aromatic heterocycles. The summed E-state index contributed by atoms with van der Waals surface area (Å²) in [5.74, 6) is 1.98. The molecule has 0 saturated carbocycles. The monoisotopic (exact) mass is 292 g/mol. The zero-order chi connectivity index (χ0) is 14.9. The predicted octanol–water partition coefficient (Wildman–Crippen LogP) is 2.82. The average molecular weight is 292 g/mol. The molecule has 1 N–H and O–H groups in total. The van der Waals surface area contributed by atoms with E-state index in [0.717, 1.165) is 17.1 Å². The zero-order valence-electron chi connectivity index (χ0n) is 11.6. The summed E-state index contributed by atoms with van der Waals surface area (Å²) in [4.78, 5) is 19.2. The van der Waals surface area contributed by atoms with Gasteiger partial charge in [-0.1, -0.05) is 24.3 Å². The van der Waals surface area contributed by atoms with Crippen LogP contribution in [0, 0.1) is 0 Å². The minimum absolute atomic E-state index is 0.143. The largest absolute Gasteiger partial charge is 0.454 e. The molecule has 0 amide bonds. The highest BCUT2D eigenvalue weighted by Gasteiger charge is 2.12. The number of H-pyrrole nitrogens is 1. The number of rotatable bonds is 2. The molecule has 0 bridgehead atoms. The number of hydrogen-bond donors (Lipinski definition) is 1. The molecule has 2 heterocycles. The summed E-state index contributed by atoms with van der Waals surface area (Å²) in [6.07, 6.45) is 3.64. The minimum Gasteiger partial charge on any atom is -0.454 e. The van der Waals surface area contributed by atoms with Crippen LogP contribution in [0.2, 0.25) is 0 Å². The van der Waals surface area contributed by atoms with Gasteiger partial charge in [-0.2, -0.15) is 0 Å². The van der Waals surface area contributed by atoms with Crippen LogP contribution in [0.4, 0.5) is 0 Å². The van der Waals surface area contributed by atoms with Crippen LogP contribution in [0.15, 0.2) is 47.3 Å². The Morgan fingerprint density at radius 2 is 1.91 bits per heavy atom. The van der Waals surface area contributed by atoms with Crippen LogP contribution >= 0.6 is 0 Å². The predicted molar refractivity (Wildman–Crippen MR) is 83.9 cm³/mol. The Morgan fingerprint density at radius 1 is 1.05 bits per heavy atom. The van der Waals surface area contributed by atoms with Crippen LogP contribution in [0.1, 0.15) is 11.4 Å². The van der Waals surface area contributed by atoms with Crippen molar-refractivity contribution >= 4 is 23.1 Å². The van der Waals surface area contributed by atoms with Crippen LogP contribution in [0.25, 0.3) is 23.1 Å². The number of nitrogens with zero attached hydrogens (tertiary/aromatic N) is 1. The number of aromatic amines is 1. The van der Waals surface area contributed by atoms with Gasteiger partial charge in [-0.3, -0.25) is 4.79 Å². The van der Waals surface area contributed by atoms with E-state index in [1.54, 1.807) is 12.1 Å². The van der Waals surface area contributed by atoms with Gasteiger partial charge in [-0.15, -0.1) is 0 Å². The van der Waals surface area contributed by atoms with Crippen molar-refractivity contribution in [3.8, 4) is 11.5 Å². The Balaban J connectivity index is 1.69. The zero-order valence-corrected chi connectivity index (χ0v) is 11.6. The van der Waals surface area contributed by atoms with Gasteiger partial charge in [0.1, 0.15) is 5.82 Å². The number of benzene rings is 2. The van der Waals surface area contributed by atoms with Gasteiger partial charge < -0.3 is 14.5 Å². The van der Waals surface area contributed by atoms with Gasteiger partial charge in [0.2, 0.25) is 6.79 Å². The quantitative estimate of drug-likeness (QED) is 0.789. The van der Waals surface area contributed by atoms with Gasteiger partial charge in [-0.25, -0.2) is 4.98 Å². The fourth-order valence-electron chi connectivity index (χ4n) is 2.38. The maximum atomic E-state index is 12.0. The first-order chi connectivity index (χ1) is 10.8. The van der Waals surface area contributed by atoms with Gasteiger partial charge >= 0.3 is 0 Å². The molecule has 5 nitrogen and oxygen atoms in total. The van der Waals surface area contributed by atoms with Crippen molar-refractivity contribution in [2.45, 2.75) is 0 Å². The van der Waals surface area contributed by atoms with Crippen LogP contribution in [-0.4, -0.2) is 16.8 Å². The van der Waals surface area contributed by atoms with E-state index in [0.29, 0.717) is 16.7 Å². The molecule has 5 heteroatoms. The summed E-state index contributed by atoms with van der Waals surface area (Å²) in [5.41, 5.74) is 1.48. The molecule has 0 fully saturated rings. The van der Waals surface area contributed by atoms with Crippen molar-refractivity contribution in [1.29, 1.82) is 0 Å². The summed E-state index contributed by atoms with van der Waals surface area (Å²) in [6.45, 7) is 0.252. The molecule has 22 heavy (non-hydrogen) atoms. The Bertz CT molecular complexity index is 944. The summed E-state index contributed by atoms with van der Waals surface area (Å²) in [6, 6.07) is 12.9. The molecular formula is C17H12N2O3. The number of hydrogen-bond acceptors (Lipinski definition) is 4. The third-order valence-electron chi connectivity index (χ3n) is 3.46. The summed E-state index contributed by atoms with van der Waals surface area (Å²) in [5, 5.41) is 0.586. The molecular weight excluding hydrogens is 280 g/mol. The standard InChI is InChI=1S/C17H12N2O3/c20-17-12-3-1-2-4-13(12)18-16(19-17)8-6-11-5-7-14-15(9-11)22-10-21-14/h1-9H,10H2,(H,18,19,20)/b8-6+. The van der Waals surface area contributed by atoms with E-state index < -0.39 is 0 Å². The van der Waals surface area contributed by atoms with E-state index in [1.165, 1.54) is 0 Å². The molecule has 0 atom stereocenters. The molecule has 108 valence electrons. The second-order valence-electron chi connectivity index (χ2n) is 4.91. The third kappa shape index (κ3) is 2.22. The summed E-state index contributed by atoms with van der Waals surface area (Å²) in [7, 11) is 0. The maximum Gasteiger partial charge on any atom is 0.259 e.